The molecule has 1 atom stereocenters. The molecule has 0 aliphatic carbocycles. The Morgan fingerprint density at radius 2 is 1.94 bits per heavy atom. The third-order valence-corrected chi connectivity index (χ3v) is 2.86. The molecule has 0 bridgehead atoms. The lowest BCUT2D eigenvalue weighted by atomic mass is 9.94. The Bertz CT molecular complexity index is 431. The summed E-state index contributed by atoms with van der Waals surface area (Å²) in [4.78, 5) is 22.1. The fourth-order valence-corrected chi connectivity index (χ4v) is 1.92. The number of carboxylic acids is 1. The molecule has 0 aromatic heterocycles. The summed E-state index contributed by atoms with van der Waals surface area (Å²) in [6.45, 7) is 1.97. The van der Waals surface area contributed by atoms with Gasteiger partial charge in [-0.15, -0.1) is 0 Å². The number of benzene rings is 1. The number of rotatable bonds is 7. The lowest BCUT2D eigenvalue weighted by Gasteiger charge is -2.11. The zero-order valence-electron chi connectivity index (χ0n) is 11.5. The van der Waals surface area contributed by atoms with Gasteiger partial charge in [-0.2, -0.15) is 0 Å². The van der Waals surface area contributed by atoms with Crippen LogP contribution in [0, 0.1) is 5.92 Å². The van der Waals surface area contributed by atoms with Crippen LogP contribution in [-0.4, -0.2) is 17.0 Å². The van der Waals surface area contributed by atoms with Crippen LogP contribution in [0.3, 0.4) is 0 Å². The number of primary amides is 1. The molecule has 0 heterocycles. The Balaban J connectivity index is 2.65. The minimum atomic E-state index is -0.764. The van der Waals surface area contributed by atoms with Gasteiger partial charge in [0.2, 0.25) is 5.91 Å². The van der Waals surface area contributed by atoms with E-state index in [2.05, 4.69) is 0 Å². The molecule has 0 saturated carbocycles. The zero-order chi connectivity index (χ0) is 14.3. The minimum Gasteiger partial charge on any atom is -0.481 e. The molecule has 1 amide bonds. The monoisotopic (exact) mass is 250 g/mol. The van der Waals surface area contributed by atoms with Crippen molar-refractivity contribution in [1.29, 1.82) is 0 Å². The van der Waals surface area contributed by atoms with E-state index in [0.29, 0.717) is 12.8 Å². The molecule has 0 radical (unpaired) electrons. The molecule has 0 aliphatic heterocycles. The number of aliphatic carboxylic acids is 1. The van der Waals surface area contributed by atoms with Crippen molar-refractivity contribution in [3.05, 3.63) is 35.4 Å². The molecule has 1 aromatic carbocycles. The fraction of sp³-hybridized carbons (Fsp3) is 0.429. The molecule has 3 N–H and O–H groups in total. The van der Waals surface area contributed by atoms with E-state index in [1.165, 1.54) is 0 Å². The molecule has 4 heteroatoms. The van der Waals surface area contributed by atoms with Crippen molar-refractivity contribution in [3.63, 3.8) is 0 Å². The predicted molar refractivity (Wildman–Crippen MR) is 69.1 cm³/mol. The molecular weight excluding hydrogens is 230 g/mol. The van der Waals surface area contributed by atoms with E-state index < -0.39 is 5.97 Å². The van der Waals surface area contributed by atoms with E-state index in [1.54, 1.807) is 12.1 Å². The zero-order valence-corrected chi connectivity index (χ0v) is 10.5. The molecule has 1 unspecified atom stereocenters. The Labute approximate surface area is 108 Å². The molecule has 1 rings (SSSR count). The number of carbonyl (C=O) groups excluding carboxylic acids is 1. The normalized spacial score (nSPS) is 12.6. The highest BCUT2D eigenvalue weighted by Gasteiger charge is 2.16. The number of hydrogen-bond donors (Lipinski definition) is 2. The predicted octanol–water partition coefficient (Wildman–Crippen LogP) is 1.76. The van der Waals surface area contributed by atoms with Crippen molar-refractivity contribution in [2.24, 2.45) is 11.6 Å². The first-order valence-corrected chi connectivity index (χ1v) is 6.08. The van der Waals surface area contributed by atoms with Crippen molar-refractivity contribution in [1.82, 2.24) is 0 Å². The first-order valence-electron chi connectivity index (χ1n) is 6.58. The average molecular weight is 250 g/mol. The minimum absolute atomic E-state index is 0.168. The highest BCUT2D eigenvalue weighted by Crippen LogP contribution is 2.15. The molecule has 18 heavy (non-hydrogen) atoms. The SMILES string of the molecule is [2H]NC(=O)Cc1ccc(CC(CCC)C(=O)O)cc1. The Kier molecular flexibility index (Phi) is 4.76. The van der Waals surface area contributed by atoms with Gasteiger partial charge in [-0.3, -0.25) is 9.59 Å². The van der Waals surface area contributed by atoms with Crippen molar-refractivity contribution < 1.29 is 16.1 Å². The maximum atomic E-state index is 11.1. The largest absolute Gasteiger partial charge is 0.481 e. The van der Waals surface area contributed by atoms with Crippen LogP contribution in [-0.2, 0) is 22.4 Å². The summed E-state index contributed by atoms with van der Waals surface area (Å²) < 4.78 is 6.72. The van der Waals surface area contributed by atoms with Gasteiger partial charge in [0, 0.05) is 0 Å². The van der Waals surface area contributed by atoms with Gasteiger partial charge < -0.3 is 10.8 Å². The van der Waals surface area contributed by atoms with Gasteiger partial charge >= 0.3 is 5.97 Å². The Hall–Kier alpha value is -1.84. The lowest BCUT2D eigenvalue weighted by Crippen LogP contribution is -2.16. The maximum absolute atomic E-state index is 11.1. The summed E-state index contributed by atoms with van der Waals surface area (Å²) >= 11 is 0. The topological polar surface area (TPSA) is 80.4 Å². The molecule has 0 saturated heterocycles. The van der Waals surface area contributed by atoms with Gasteiger partial charge in [-0.1, -0.05) is 37.6 Å². The maximum Gasteiger partial charge on any atom is 0.306 e. The van der Waals surface area contributed by atoms with Crippen molar-refractivity contribution in [2.45, 2.75) is 32.6 Å². The van der Waals surface area contributed by atoms with Crippen LogP contribution in [0.15, 0.2) is 24.3 Å². The van der Waals surface area contributed by atoms with Crippen LogP contribution in [0.25, 0.3) is 0 Å². The number of carbonyl (C=O) groups is 2. The second-order valence-corrected chi connectivity index (χ2v) is 4.44. The van der Waals surface area contributed by atoms with Crippen molar-refractivity contribution in [3.8, 4) is 0 Å². The second kappa shape index (κ2) is 6.79. The highest BCUT2D eigenvalue weighted by atomic mass is 16.4. The van der Waals surface area contributed by atoms with Crippen LogP contribution in [0.2, 0.25) is 1.41 Å². The van der Waals surface area contributed by atoms with E-state index in [1.807, 2.05) is 24.8 Å². The Morgan fingerprint density at radius 3 is 2.44 bits per heavy atom. The first kappa shape index (κ1) is 12.6. The number of nitrogens with two attached hydrogens (primary N) is 1. The smallest absolute Gasteiger partial charge is 0.306 e. The summed E-state index contributed by atoms with van der Waals surface area (Å²) in [5.41, 5.74) is 3.60. The van der Waals surface area contributed by atoms with Crippen LogP contribution < -0.4 is 5.73 Å². The van der Waals surface area contributed by atoms with Gasteiger partial charge in [-0.25, -0.2) is 0 Å². The third kappa shape index (κ3) is 4.57. The van der Waals surface area contributed by atoms with E-state index >= 15 is 0 Å². The number of hydrogen-bond acceptors (Lipinski definition) is 2. The number of amides is 1. The van der Waals surface area contributed by atoms with E-state index in [0.717, 1.165) is 17.5 Å². The summed E-state index contributed by atoms with van der Waals surface area (Å²) in [6, 6.07) is 7.29. The fourth-order valence-electron chi connectivity index (χ4n) is 1.92. The van der Waals surface area contributed by atoms with Crippen LogP contribution >= 0.6 is 0 Å². The van der Waals surface area contributed by atoms with E-state index in [-0.39, 0.29) is 18.2 Å². The molecule has 1 aromatic rings. The number of carboxylic acid groups (broad SMARTS) is 1. The van der Waals surface area contributed by atoms with Gasteiger partial charge in [0.25, 0.3) is 0 Å². The molecule has 0 aliphatic rings. The van der Waals surface area contributed by atoms with E-state index in [4.69, 9.17) is 6.52 Å². The lowest BCUT2D eigenvalue weighted by molar-refractivity contribution is -0.142. The third-order valence-electron chi connectivity index (χ3n) is 2.86. The quantitative estimate of drug-likeness (QED) is 0.773. The van der Waals surface area contributed by atoms with Gasteiger partial charge in [0.1, 0.15) is 0 Å². The molecule has 0 fully saturated rings. The molecule has 4 nitrogen and oxygen atoms in total. The highest BCUT2D eigenvalue weighted by molar-refractivity contribution is 5.76. The van der Waals surface area contributed by atoms with Crippen molar-refractivity contribution >= 4 is 11.9 Å². The van der Waals surface area contributed by atoms with Crippen LogP contribution in [0.4, 0.5) is 0 Å². The summed E-state index contributed by atoms with van der Waals surface area (Å²) in [7, 11) is 0. The molecular formula is C14H19NO3. The van der Waals surface area contributed by atoms with Crippen LogP contribution in [0.5, 0.6) is 0 Å². The summed E-state index contributed by atoms with van der Waals surface area (Å²) in [5.74, 6) is -1.48. The van der Waals surface area contributed by atoms with Crippen LogP contribution in [0.1, 0.15) is 30.9 Å². The van der Waals surface area contributed by atoms with Crippen molar-refractivity contribution in [2.75, 3.05) is 0 Å². The molecule has 98 valence electrons. The van der Waals surface area contributed by atoms with E-state index in [9.17, 15) is 9.59 Å². The Morgan fingerprint density at radius 1 is 1.33 bits per heavy atom. The average Bonchev–Trinajstić information content (AvgIpc) is 2.40. The standard InChI is InChI=1S/C14H19NO3/c1-2-3-12(14(17)18)8-10-4-6-11(7-5-10)9-13(15)16/h4-7,12H,2-3,8-9H2,1H3,(H2,15,16)(H,17,18)/i/hD. The summed E-state index contributed by atoms with van der Waals surface area (Å²) in [6.07, 6.45) is 2.19. The van der Waals surface area contributed by atoms with Gasteiger partial charge in [-0.05, 0) is 24.0 Å². The first-order chi connectivity index (χ1) is 9.06. The summed E-state index contributed by atoms with van der Waals surface area (Å²) in [5, 5.41) is 9.10. The molecule has 0 spiro atoms. The second-order valence-electron chi connectivity index (χ2n) is 4.44. The van der Waals surface area contributed by atoms with Gasteiger partial charge in [0.15, 0.2) is 1.41 Å². The van der Waals surface area contributed by atoms with Gasteiger partial charge in [0.05, 0.1) is 12.3 Å².